The van der Waals surface area contributed by atoms with E-state index in [1.807, 2.05) is 10.9 Å². The average Bonchev–Trinajstić information content (AvgIpc) is 2.75. The molecule has 4 nitrogen and oxygen atoms in total. The lowest BCUT2D eigenvalue weighted by Crippen LogP contribution is -2.06. The zero-order valence-corrected chi connectivity index (χ0v) is 10.9. The van der Waals surface area contributed by atoms with Gasteiger partial charge in [0.15, 0.2) is 0 Å². The van der Waals surface area contributed by atoms with Gasteiger partial charge >= 0.3 is 0 Å². The van der Waals surface area contributed by atoms with Crippen LogP contribution in [0, 0.1) is 13.8 Å². The smallest absolute Gasteiger partial charge is 0.145 e. The molecular formula is C14H19N3O. The molecule has 0 spiro atoms. The van der Waals surface area contributed by atoms with E-state index in [0.29, 0.717) is 12.4 Å². The third-order valence-electron chi connectivity index (χ3n) is 2.79. The van der Waals surface area contributed by atoms with E-state index in [2.05, 4.69) is 37.1 Å². The minimum Gasteiger partial charge on any atom is -0.493 e. The Labute approximate surface area is 107 Å². The molecule has 2 rings (SSSR count). The molecule has 0 unspecified atom stereocenters. The van der Waals surface area contributed by atoms with Crippen molar-refractivity contribution in [1.82, 2.24) is 9.78 Å². The molecule has 0 amide bonds. The summed E-state index contributed by atoms with van der Waals surface area (Å²) in [5, 5.41) is 4.13. The van der Waals surface area contributed by atoms with Gasteiger partial charge in [-0.05, 0) is 37.1 Å². The van der Waals surface area contributed by atoms with Crippen molar-refractivity contribution < 1.29 is 4.74 Å². The fourth-order valence-electron chi connectivity index (χ4n) is 1.77. The zero-order chi connectivity index (χ0) is 13.0. The summed E-state index contributed by atoms with van der Waals surface area (Å²) in [6.07, 6.45) is 2.79. The van der Waals surface area contributed by atoms with Gasteiger partial charge in [0.05, 0.1) is 6.61 Å². The Morgan fingerprint density at radius 2 is 2.11 bits per heavy atom. The predicted octanol–water partition coefficient (Wildman–Crippen LogP) is 2.55. The highest BCUT2D eigenvalue weighted by molar-refractivity contribution is 5.35. The van der Waals surface area contributed by atoms with Gasteiger partial charge in [-0.3, -0.25) is 4.68 Å². The van der Waals surface area contributed by atoms with Crippen LogP contribution in [-0.2, 0) is 6.54 Å². The molecule has 1 heterocycles. The SMILES string of the molecule is Cc1ccc(C)c(OCCCn2ccc(N)n2)c1. The topological polar surface area (TPSA) is 53.1 Å². The van der Waals surface area contributed by atoms with Gasteiger partial charge in [0.1, 0.15) is 11.6 Å². The molecule has 0 bridgehead atoms. The van der Waals surface area contributed by atoms with Crippen LogP contribution in [0.1, 0.15) is 17.5 Å². The molecule has 2 N–H and O–H groups in total. The lowest BCUT2D eigenvalue weighted by molar-refractivity contribution is 0.297. The van der Waals surface area contributed by atoms with Gasteiger partial charge < -0.3 is 10.5 Å². The van der Waals surface area contributed by atoms with Gasteiger partial charge in [-0.2, -0.15) is 5.10 Å². The number of nitrogens with two attached hydrogens (primary N) is 1. The number of anilines is 1. The first-order chi connectivity index (χ1) is 8.65. The molecule has 0 saturated carbocycles. The minimum absolute atomic E-state index is 0.561. The Bertz CT molecular complexity index is 520. The van der Waals surface area contributed by atoms with E-state index in [1.54, 1.807) is 6.07 Å². The second-order valence-electron chi connectivity index (χ2n) is 4.47. The Morgan fingerprint density at radius 1 is 1.28 bits per heavy atom. The number of aromatic nitrogens is 2. The van der Waals surface area contributed by atoms with E-state index in [9.17, 15) is 0 Å². The van der Waals surface area contributed by atoms with Crippen LogP contribution in [0.4, 0.5) is 5.82 Å². The molecule has 96 valence electrons. The van der Waals surface area contributed by atoms with E-state index >= 15 is 0 Å². The van der Waals surface area contributed by atoms with Crippen molar-refractivity contribution in [3.63, 3.8) is 0 Å². The lowest BCUT2D eigenvalue weighted by Gasteiger charge is -2.09. The van der Waals surface area contributed by atoms with Gasteiger partial charge in [-0.1, -0.05) is 12.1 Å². The number of ether oxygens (including phenoxy) is 1. The van der Waals surface area contributed by atoms with Crippen molar-refractivity contribution in [2.45, 2.75) is 26.8 Å². The number of rotatable bonds is 5. The fraction of sp³-hybridized carbons (Fsp3) is 0.357. The van der Waals surface area contributed by atoms with Crippen LogP contribution in [-0.4, -0.2) is 16.4 Å². The van der Waals surface area contributed by atoms with E-state index in [-0.39, 0.29) is 0 Å². The maximum Gasteiger partial charge on any atom is 0.145 e. The van der Waals surface area contributed by atoms with Crippen LogP contribution in [0.15, 0.2) is 30.5 Å². The van der Waals surface area contributed by atoms with E-state index in [4.69, 9.17) is 10.5 Å². The first-order valence-corrected chi connectivity index (χ1v) is 6.14. The molecule has 2 aromatic rings. The molecule has 0 radical (unpaired) electrons. The van der Waals surface area contributed by atoms with E-state index in [0.717, 1.165) is 18.7 Å². The second-order valence-corrected chi connectivity index (χ2v) is 4.47. The van der Waals surface area contributed by atoms with Crippen LogP contribution < -0.4 is 10.5 Å². The summed E-state index contributed by atoms with van der Waals surface area (Å²) in [5.74, 6) is 1.53. The third kappa shape index (κ3) is 3.26. The highest BCUT2D eigenvalue weighted by Gasteiger charge is 2.00. The largest absolute Gasteiger partial charge is 0.493 e. The highest BCUT2D eigenvalue weighted by Crippen LogP contribution is 2.19. The van der Waals surface area contributed by atoms with Gasteiger partial charge in [0, 0.05) is 19.2 Å². The summed E-state index contributed by atoms with van der Waals surface area (Å²) < 4.78 is 7.61. The first kappa shape index (κ1) is 12.5. The van der Waals surface area contributed by atoms with E-state index < -0.39 is 0 Å². The molecule has 0 saturated heterocycles. The number of aryl methyl sites for hydroxylation is 3. The summed E-state index contributed by atoms with van der Waals surface area (Å²) in [5.41, 5.74) is 7.94. The number of hydrogen-bond donors (Lipinski definition) is 1. The lowest BCUT2D eigenvalue weighted by atomic mass is 10.1. The monoisotopic (exact) mass is 245 g/mol. The quantitative estimate of drug-likeness (QED) is 0.824. The first-order valence-electron chi connectivity index (χ1n) is 6.14. The average molecular weight is 245 g/mol. The van der Waals surface area contributed by atoms with Crippen LogP contribution >= 0.6 is 0 Å². The van der Waals surface area contributed by atoms with Crippen molar-refractivity contribution >= 4 is 5.82 Å². The Balaban J connectivity index is 1.80. The predicted molar refractivity (Wildman–Crippen MR) is 72.7 cm³/mol. The van der Waals surface area contributed by atoms with Crippen molar-refractivity contribution in [3.8, 4) is 5.75 Å². The number of nitrogens with zero attached hydrogens (tertiary/aromatic N) is 2. The summed E-state index contributed by atoms with van der Waals surface area (Å²) in [6.45, 7) is 5.63. The Hall–Kier alpha value is -1.97. The molecule has 4 heteroatoms. The molecule has 18 heavy (non-hydrogen) atoms. The molecule has 0 aliphatic rings. The molecule has 0 aliphatic heterocycles. The molecular weight excluding hydrogens is 226 g/mol. The summed E-state index contributed by atoms with van der Waals surface area (Å²) in [7, 11) is 0. The van der Waals surface area contributed by atoms with Crippen molar-refractivity contribution in [2.24, 2.45) is 0 Å². The second kappa shape index (κ2) is 5.58. The van der Waals surface area contributed by atoms with Crippen molar-refractivity contribution in [1.29, 1.82) is 0 Å². The molecule has 0 atom stereocenters. The van der Waals surface area contributed by atoms with Gasteiger partial charge in [-0.25, -0.2) is 0 Å². The van der Waals surface area contributed by atoms with Crippen LogP contribution in [0.25, 0.3) is 0 Å². The highest BCUT2D eigenvalue weighted by atomic mass is 16.5. The number of hydrogen-bond acceptors (Lipinski definition) is 3. The maximum atomic E-state index is 5.77. The summed E-state index contributed by atoms with van der Waals surface area (Å²) in [4.78, 5) is 0. The van der Waals surface area contributed by atoms with Crippen molar-refractivity contribution in [3.05, 3.63) is 41.6 Å². The van der Waals surface area contributed by atoms with Crippen LogP contribution in [0.5, 0.6) is 5.75 Å². The third-order valence-corrected chi connectivity index (χ3v) is 2.79. The van der Waals surface area contributed by atoms with Crippen LogP contribution in [0.2, 0.25) is 0 Å². The summed E-state index contributed by atoms with van der Waals surface area (Å²) >= 11 is 0. The Kier molecular flexibility index (Phi) is 3.87. The standard InChI is InChI=1S/C14H19N3O/c1-11-4-5-12(2)13(10-11)18-9-3-7-17-8-6-14(15)16-17/h4-6,8,10H,3,7,9H2,1-2H3,(H2,15,16). The molecule has 1 aromatic carbocycles. The zero-order valence-electron chi connectivity index (χ0n) is 10.9. The van der Waals surface area contributed by atoms with Gasteiger partial charge in [-0.15, -0.1) is 0 Å². The molecule has 1 aromatic heterocycles. The number of nitrogen functional groups attached to an aromatic ring is 1. The summed E-state index contributed by atoms with van der Waals surface area (Å²) in [6, 6.07) is 8.04. The maximum absolute atomic E-state index is 5.77. The van der Waals surface area contributed by atoms with Gasteiger partial charge in [0.2, 0.25) is 0 Å². The minimum atomic E-state index is 0.561. The normalized spacial score (nSPS) is 10.6. The van der Waals surface area contributed by atoms with Crippen LogP contribution in [0.3, 0.4) is 0 Å². The Morgan fingerprint density at radius 3 is 2.83 bits per heavy atom. The molecule has 0 fully saturated rings. The van der Waals surface area contributed by atoms with Crippen molar-refractivity contribution in [2.75, 3.05) is 12.3 Å². The van der Waals surface area contributed by atoms with E-state index in [1.165, 1.54) is 11.1 Å². The number of benzene rings is 1. The molecule has 0 aliphatic carbocycles. The van der Waals surface area contributed by atoms with Gasteiger partial charge in [0.25, 0.3) is 0 Å². The fourth-order valence-corrected chi connectivity index (χ4v) is 1.77.